The van der Waals surface area contributed by atoms with Gasteiger partial charge < -0.3 is 33.0 Å². The van der Waals surface area contributed by atoms with Crippen molar-refractivity contribution >= 4 is 29.2 Å². The summed E-state index contributed by atoms with van der Waals surface area (Å²) in [5, 5.41) is 1.52. The second-order valence-electron chi connectivity index (χ2n) is 7.75. The highest BCUT2D eigenvalue weighted by atomic mass is 32.2. The van der Waals surface area contributed by atoms with Gasteiger partial charge in [0.25, 0.3) is 0 Å². The van der Waals surface area contributed by atoms with Crippen molar-refractivity contribution in [2.45, 2.75) is 32.1 Å². The molecule has 35 heavy (non-hydrogen) atoms. The number of rotatable bonds is 11. The highest BCUT2D eigenvalue weighted by molar-refractivity contribution is 7.93. The SMILES string of the molecule is COc1cc(OC)c(C=C[S+]([O-])Cc2ccc(OC)c(OC(=O)C(C)(C)OC(C)=O)c2)c(OC)c1. The van der Waals surface area contributed by atoms with Gasteiger partial charge in [0.1, 0.15) is 28.4 Å². The van der Waals surface area contributed by atoms with E-state index in [-0.39, 0.29) is 11.5 Å². The van der Waals surface area contributed by atoms with Crippen LogP contribution in [0.25, 0.3) is 6.08 Å². The smallest absolute Gasteiger partial charge is 0.355 e. The summed E-state index contributed by atoms with van der Waals surface area (Å²) in [6.07, 6.45) is 1.65. The Morgan fingerprint density at radius 1 is 0.914 bits per heavy atom. The second-order valence-corrected chi connectivity index (χ2v) is 9.07. The molecule has 0 fully saturated rings. The van der Waals surface area contributed by atoms with Crippen LogP contribution in [0.3, 0.4) is 0 Å². The summed E-state index contributed by atoms with van der Waals surface area (Å²) >= 11 is -1.43. The molecule has 190 valence electrons. The van der Waals surface area contributed by atoms with E-state index >= 15 is 0 Å². The summed E-state index contributed by atoms with van der Waals surface area (Å²) in [6.45, 7) is 4.06. The minimum atomic E-state index is -1.49. The zero-order chi connectivity index (χ0) is 26.2. The first kappa shape index (κ1) is 27.9. The Hall–Kier alpha value is -3.37. The molecule has 0 radical (unpaired) electrons. The molecule has 0 amide bonds. The van der Waals surface area contributed by atoms with Gasteiger partial charge in [0, 0.05) is 30.7 Å². The fourth-order valence-corrected chi connectivity index (χ4v) is 3.96. The Balaban J connectivity index is 2.23. The van der Waals surface area contributed by atoms with E-state index in [1.807, 2.05) is 0 Å². The van der Waals surface area contributed by atoms with Crippen molar-refractivity contribution in [1.29, 1.82) is 0 Å². The predicted octanol–water partition coefficient (Wildman–Crippen LogP) is 3.89. The summed E-state index contributed by atoms with van der Waals surface area (Å²) < 4.78 is 44.6. The molecular weight excluding hydrogens is 476 g/mol. The second kappa shape index (κ2) is 12.4. The van der Waals surface area contributed by atoms with Crippen molar-refractivity contribution < 1.29 is 42.6 Å². The summed E-state index contributed by atoms with van der Waals surface area (Å²) in [5.41, 5.74) is -0.244. The topological polar surface area (TPSA) is 113 Å². The van der Waals surface area contributed by atoms with Crippen molar-refractivity contribution in [1.82, 2.24) is 0 Å². The molecule has 0 heterocycles. The fourth-order valence-electron chi connectivity index (χ4n) is 3.07. The molecule has 10 heteroatoms. The lowest BCUT2D eigenvalue weighted by atomic mass is 10.1. The molecule has 0 bridgehead atoms. The van der Waals surface area contributed by atoms with Crippen LogP contribution >= 0.6 is 0 Å². The van der Waals surface area contributed by atoms with Crippen LogP contribution in [0.5, 0.6) is 28.7 Å². The zero-order valence-corrected chi connectivity index (χ0v) is 21.6. The third kappa shape index (κ3) is 7.56. The third-order valence-corrected chi connectivity index (χ3v) is 5.83. The molecule has 0 aliphatic heterocycles. The summed E-state index contributed by atoms with van der Waals surface area (Å²) in [4.78, 5) is 23.8. The number of ether oxygens (including phenoxy) is 6. The van der Waals surface area contributed by atoms with Crippen LogP contribution in [0.15, 0.2) is 35.7 Å². The quantitative estimate of drug-likeness (QED) is 0.254. The molecular formula is C25H30O9S. The molecule has 2 aromatic rings. The van der Waals surface area contributed by atoms with Gasteiger partial charge in [0.2, 0.25) is 5.60 Å². The fraction of sp³-hybridized carbons (Fsp3) is 0.360. The largest absolute Gasteiger partial charge is 0.612 e. The van der Waals surface area contributed by atoms with Gasteiger partial charge in [-0.1, -0.05) is 6.07 Å². The maximum absolute atomic E-state index is 12.8. The highest BCUT2D eigenvalue weighted by Gasteiger charge is 2.34. The standard InChI is InChI=1S/C25H30O9S/c1-16(26)34-25(2,3)24(27)33-23-12-17(8-9-20(23)30-5)15-35(28)11-10-19-21(31-6)13-18(29-4)14-22(19)32-7/h8-14H,15H2,1-7H3. The van der Waals surface area contributed by atoms with Crippen molar-refractivity contribution in [2.24, 2.45) is 0 Å². The number of carbonyl (C=O) groups excluding carboxylic acids is 2. The lowest BCUT2D eigenvalue weighted by molar-refractivity contribution is -0.170. The molecule has 0 saturated heterocycles. The van der Waals surface area contributed by atoms with Crippen LogP contribution in [-0.2, 0) is 31.3 Å². The van der Waals surface area contributed by atoms with Crippen molar-refractivity contribution in [3.05, 3.63) is 46.9 Å². The Labute approximate surface area is 208 Å². The molecule has 9 nitrogen and oxygen atoms in total. The van der Waals surface area contributed by atoms with Crippen LogP contribution in [0, 0.1) is 0 Å². The molecule has 1 atom stereocenters. The van der Waals surface area contributed by atoms with Crippen LogP contribution in [0.4, 0.5) is 0 Å². The molecule has 2 rings (SSSR count). The first-order valence-electron chi connectivity index (χ1n) is 10.5. The minimum Gasteiger partial charge on any atom is -0.612 e. The van der Waals surface area contributed by atoms with Gasteiger partial charge >= 0.3 is 11.9 Å². The van der Waals surface area contributed by atoms with Gasteiger partial charge in [0.05, 0.1) is 34.0 Å². The summed E-state index contributed by atoms with van der Waals surface area (Å²) in [5.74, 6) is 0.743. The van der Waals surface area contributed by atoms with Gasteiger partial charge in [-0.2, -0.15) is 0 Å². The molecule has 0 N–H and O–H groups in total. The van der Waals surface area contributed by atoms with Gasteiger partial charge in [-0.25, -0.2) is 4.79 Å². The number of esters is 2. The van der Waals surface area contributed by atoms with E-state index in [4.69, 9.17) is 28.4 Å². The zero-order valence-electron chi connectivity index (χ0n) is 20.8. The van der Waals surface area contributed by atoms with Crippen LogP contribution in [0.2, 0.25) is 0 Å². The van der Waals surface area contributed by atoms with Crippen molar-refractivity contribution in [3.8, 4) is 28.7 Å². The first-order chi connectivity index (χ1) is 16.5. The molecule has 0 spiro atoms. The average molecular weight is 507 g/mol. The van der Waals surface area contributed by atoms with Crippen LogP contribution in [-0.4, -0.2) is 50.5 Å². The summed E-state index contributed by atoms with van der Waals surface area (Å²) in [6, 6.07) is 8.28. The number of hydrogen-bond donors (Lipinski definition) is 0. The third-order valence-electron chi connectivity index (χ3n) is 4.77. The molecule has 1 unspecified atom stereocenters. The molecule has 0 aliphatic carbocycles. The van der Waals surface area contributed by atoms with Gasteiger partial charge in [-0.05, 0) is 37.2 Å². The van der Waals surface area contributed by atoms with E-state index in [1.165, 1.54) is 54.6 Å². The van der Waals surface area contributed by atoms with E-state index in [1.54, 1.807) is 36.4 Å². The molecule has 0 saturated carbocycles. The highest BCUT2D eigenvalue weighted by Crippen LogP contribution is 2.35. The van der Waals surface area contributed by atoms with Crippen LogP contribution in [0.1, 0.15) is 31.9 Å². The number of methoxy groups -OCH3 is 4. The van der Waals surface area contributed by atoms with E-state index < -0.39 is 28.7 Å². The van der Waals surface area contributed by atoms with Gasteiger partial charge in [-0.3, -0.25) is 4.79 Å². The van der Waals surface area contributed by atoms with Gasteiger partial charge in [-0.15, -0.1) is 0 Å². The van der Waals surface area contributed by atoms with Crippen LogP contribution < -0.4 is 23.7 Å². The van der Waals surface area contributed by atoms with E-state index in [0.717, 1.165) is 0 Å². The van der Waals surface area contributed by atoms with E-state index in [2.05, 4.69) is 0 Å². The monoisotopic (exact) mass is 506 g/mol. The Kier molecular flexibility index (Phi) is 9.85. The number of carbonyl (C=O) groups is 2. The van der Waals surface area contributed by atoms with Crippen molar-refractivity contribution in [3.63, 3.8) is 0 Å². The lowest BCUT2D eigenvalue weighted by Gasteiger charge is -2.22. The van der Waals surface area contributed by atoms with E-state index in [9.17, 15) is 14.1 Å². The Morgan fingerprint density at radius 3 is 2.03 bits per heavy atom. The number of benzene rings is 2. The maximum atomic E-state index is 12.8. The number of hydrogen-bond acceptors (Lipinski definition) is 9. The normalized spacial score (nSPS) is 12.1. The van der Waals surface area contributed by atoms with Crippen molar-refractivity contribution in [2.75, 3.05) is 28.4 Å². The van der Waals surface area contributed by atoms with E-state index in [0.29, 0.717) is 34.1 Å². The maximum Gasteiger partial charge on any atom is 0.355 e. The molecule has 0 aromatic heterocycles. The first-order valence-corrected chi connectivity index (χ1v) is 11.9. The Bertz CT molecular complexity index is 1050. The lowest BCUT2D eigenvalue weighted by Crippen LogP contribution is -2.40. The minimum absolute atomic E-state index is 0.120. The molecule has 2 aromatic carbocycles. The Morgan fingerprint density at radius 2 is 1.51 bits per heavy atom. The van der Waals surface area contributed by atoms with Gasteiger partial charge in [0.15, 0.2) is 11.5 Å². The molecule has 0 aliphatic rings. The summed E-state index contributed by atoms with van der Waals surface area (Å²) in [7, 11) is 6.01. The predicted molar refractivity (Wildman–Crippen MR) is 131 cm³/mol. The average Bonchev–Trinajstić information content (AvgIpc) is 2.81.